The highest BCUT2D eigenvalue weighted by Gasteiger charge is 2.21. The van der Waals surface area contributed by atoms with Gasteiger partial charge >= 0.3 is 0 Å². The molecule has 5 nitrogen and oxygen atoms in total. The molecule has 0 saturated carbocycles. The van der Waals surface area contributed by atoms with Crippen LogP contribution in [0.5, 0.6) is 0 Å². The Morgan fingerprint density at radius 2 is 2.42 bits per heavy atom. The Bertz CT molecular complexity index is 283. The van der Waals surface area contributed by atoms with E-state index in [9.17, 15) is 4.91 Å². The first kappa shape index (κ1) is 9.31. The van der Waals surface area contributed by atoms with Crippen molar-refractivity contribution in [2.75, 3.05) is 6.54 Å². The lowest BCUT2D eigenvalue weighted by molar-refractivity contribution is 0.328. The third-order valence-corrected chi connectivity index (χ3v) is 1.90. The summed E-state index contributed by atoms with van der Waals surface area (Å²) >= 11 is 3.12. The molecule has 0 saturated heterocycles. The zero-order valence-corrected chi connectivity index (χ0v) is 8.45. The van der Waals surface area contributed by atoms with Crippen LogP contribution in [0.3, 0.4) is 0 Å². The fraction of sp³-hybridized carbons (Fsp3) is 0.667. The highest BCUT2D eigenvalue weighted by Crippen LogP contribution is 2.14. The van der Waals surface area contributed by atoms with Gasteiger partial charge in [-0.2, -0.15) is 4.91 Å². The van der Waals surface area contributed by atoms with Crippen LogP contribution in [0, 0.1) is 4.91 Å². The van der Waals surface area contributed by atoms with E-state index in [1.165, 1.54) is 0 Å². The SMILES string of the molecule is CC(C)(CN=O)n1cnc(Br)n1. The van der Waals surface area contributed by atoms with Crippen molar-refractivity contribution < 1.29 is 0 Å². The van der Waals surface area contributed by atoms with Crippen molar-refractivity contribution in [2.24, 2.45) is 5.18 Å². The van der Waals surface area contributed by atoms with Crippen molar-refractivity contribution in [1.29, 1.82) is 0 Å². The average molecular weight is 233 g/mol. The Kier molecular flexibility index (Phi) is 2.56. The van der Waals surface area contributed by atoms with Crippen molar-refractivity contribution >= 4 is 15.9 Å². The van der Waals surface area contributed by atoms with Crippen LogP contribution in [0.15, 0.2) is 16.2 Å². The maximum atomic E-state index is 10.1. The third kappa shape index (κ3) is 1.88. The van der Waals surface area contributed by atoms with Crippen LogP contribution in [0.25, 0.3) is 0 Å². The minimum absolute atomic E-state index is 0.183. The van der Waals surface area contributed by atoms with E-state index >= 15 is 0 Å². The Morgan fingerprint density at radius 1 is 1.75 bits per heavy atom. The van der Waals surface area contributed by atoms with Gasteiger partial charge in [-0.25, -0.2) is 9.67 Å². The summed E-state index contributed by atoms with van der Waals surface area (Å²) in [6.07, 6.45) is 1.56. The van der Waals surface area contributed by atoms with E-state index in [1.54, 1.807) is 11.0 Å². The molecule has 0 N–H and O–H groups in total. The minimum atomic E-state index is -0.402. The molecule has 0 aliphatic carbocycles. The van der Waals surface area contributed by atoms with E-state index < -0.39 is 5.54 Å². The summed E-state index contributed by atoms with van der Waals surface area (Å²) in [6.45, 7) is 3.92. The summed E-state index contributed by atoms with van der Waals surface area (Å²) in [5.74, 6) is 0. The van der Waals surface area contributed by atoms with E-state index in [0.717, 1.165) is 0 Å². The van der Waals surface area contributed by atoms with Gasteiger partial charge in [0.1, 0.15) is 12.9 Å². The maximum absolute atomic E-state index is 10.1. The van der Waals surface area contributed by atoms with Crippen LogP contribution in [0.1, 0.15) is 13.8 Å². The molecule has 66 valence electrons. The Hall–Kier alpha value is -0.780. The molecule has 1 aromatic heterocycles. The van der Waals surface area contributed by atoms with Crippen molar-refractivity contribution in [1.82, 2.24) is 14.8 Å². The molecule has 0 amide bonds. The summed E-state index contributed by atoms with van der Waals surface area (Å²) in [5, 5.41) is 6.86. The number of nitrogens with zero attached hydrogens (tertiary/aromatic N) is 4. The predicted octanol–water partition coefficient (Wildman–Crippen LogP) is 1.54. The predicted molar refractivity (Wildman–Crippen MR) is 47.7 cm³/mol. The van der Waals surface area contributed by atoms with E-state index in [0.29, 0.717) is 4.73 Å². The summed E-state index contributed by atoms with van der Waals surface area (Å²) in [6, 6.07) is 0. The molecule has 0 atom stereocenters. The number of rotatable bonds is 3. The molecule has 1 rings (SSSR count). The second kappa shape index (κ2) is 3.30. The van der Waals surface area contributed by atoms with Crippen LogP contribution in [-0.2, 0) is 5.54 Å². The van der Waals surface area contributed by atoms with Crippen LogP contribution < -0.4 is 0 Å². The van der Waals surface area contributed by atoms with Crippen LogP contribution >= 0.6 is 15.9 Å². The minimum Gasteiger partial charge on any atom is -0.244 e. The van der Waals surface area contributed by atoms with Gasteiger partial charge in [-0.3, -0.25) is 0 Å². The number of halogens is 1. The second-order valence-electron chi connectivity index (χ2n) is 3.06. The third-order valence-electron chi connectivity index (χ3n) is 1.54. The van der Waals surface area contributed by atoms with E-state index in [4.69, 9.17) is 0 Å². The van der Waals surface area contributed by atoms with E-state index in [1.807, 2.05) is 13.8 Å². The first-order valence-electron chi connectivity index (χ1n) is 3.43. The lowest BCUT2D eigenvalue weighted by Crippen LogP contribution is -2.30. The largest absolute Gasteiger partial charge is 0.244 e. The van der Waals surface area contributed by atoms with Gasteiger partial charge in [0.15, 0.2) is 0 Å². The van der Waals surface area contributed by atoms with Crippen molar-refractivity contribution in [2.45, 2.75) is 19.4 Å². The smallest absolute Gasteiger partial charge is 0.217 e. The summed E-state index contributed by atoms with van der Waals surface area (Å²) in [7, 11) is 0. The molecule has 6 heteroatoms. The van der Waals surface area contributed by atoms with Crippen molar-refractivity contribution in [3.8, 4) is 0 Å². The van der Waals surface area contributed by atoms with E-state index in [2.05, 4.69) is 31.2 Å². The Labute approximate surface area is 78.3 Å². The van der Waals surface area contributed by atoms with Crippen molar-refractivity contribution in [3.05, 3.63) is 16.0 Å². The lowest BCUT2D eigenvalue weighted by atomic mass is 10.1. The standard InChI is InChI=1S/C6H9BrN4O/c1-6(2,3-9-12)11-4-8-5(7)10-11/h4H,3H2,1-2H3. The molecule has 0 aliphatic heterocycles. The van der Waals surface area contributed by atoms with Gasteiger partial charge in [-0.1, -0.05) is 5.18 Å². The normalized spacial score (nSPS) is 11.6. The van der Waals surface area contributed by atoms with Gasteiger partial charge in [0.2, 0.25) is 4.73 Å². The maximum Gasteiger partial charge on any atom is 0.217 e. The molecule has 0 radical (unpaired) electrons. The van der Waals surface area contributed by atoms with E-state index in [-0.39, 0.29) is 6.54 Å². The molecule has 0 bridgehead atoms. The quantitative estimate of drug-likeness (QED) is 0.744. The number of aromatic nitrogens is 3. The molecule has 12 heavy (non-hydrogen) atoms. The fourth-order valence-corrected chi connectivity index (χ4v) is 1.03. The first-order chi connectivity index (χ1) is 5.56. The summed E-state index contributed by atoms with van der Waals surface area (Å²) in [5.41, 5.74) is -0.402. The molecule has 1 heterocycles. The van der Waals surface area contributed by atoms with Crippen LogP contribution in [0.4, 0.5) is 0 Å². The summed E-state index contributed by atoms with van der Waals surface area (Å²) < 4.78 is 2.12. The van der Waals surface area contributed by atoms with Crippen LogP contribution in [-0.4, -0.2) is 21.3 Å². The van der Waals surface area contributed by atoms with Crippen molar-refractivity contribution in [3.63, 3.8) is 0 Å². The fourth-order valence-electron chi connectivity index (χ4n) is 0.765. The number of hydrogen-bond donors (Lipinski definition) is 0. The van der Waals surface area contributed by atoms with Gasteiger partial charge < -0.3 is 0 Å². The zero-order valence-electron chi connectivity index (χ0n) is 6.86. The lowest BCUT2D eigenvalue weighted by Gasteiger charge is -2.20. The molecule has 0 fully saturated rings. The molecule has 0 unspecified atom stereocenters. The molecular formula is C6H9BrN4O. The first-order valence-corrected chi connectivity index (χ1v) is 4.22. The number of nitroso groups, excluding NO2 is 1. The molecule has 0 aliphatic rings. The van der Waals surface area contributed by atoms with Crippen LogP contribution in [0.2, 0.25) is 0 Å². The van der Waals surface area contributed by atoms with Gasteiger partial charge in [-0.05, 0) is 29.8 Å². The molecular weight excluding hydrogens is 224 g/mol. The second-order valence-corrected chi connectivity index (χ2v) is 3.77. The molecule has 1 aromatic rings. The van der Waals surface area contributed by atoms with Gasteiger partial charge in [-0.15, -0.1) is 5.10 Å². The summed E-state index contributed by atoms with van der Waals surface area (Å²) in [4.78, 5) is 14.0. The number of hydrogen-bond acceptors (Lipinski definition) is 4. The highest BCUT2D eigenvalue weighted by atomic mass is 79.9. The Morgan fingerprint density at radius 3 is 2.83 bits per heavy atom. The van der Waals surface area contributed by atoms with Gasteiger partial charge in [0, 0.05) is 0 Å². The van der Waals surface area contributed by atoms with Gasteiger partial charge in [0.25, 0.3) is 0 Å². The highest BCUT2D eigenvalue weighted by molar-refractivity contribution is 9.10. The average Bonchev–Trinajstić information content (AvgIpc) is 2.36. The van der Waals surface area contributed by atoms with Gasteiger partial charge in [0.05, 0.1) is 5.54 Å². The topological polar surface area (TPSA) is 60.1 Å². The monoisotopic (exact) mass is 232 g/mol. The Balaban J connectivity index is 2.88. The molecule has 0 aromatic carbocycles. The zero-order chi connectivity index (χ0) is 9.19. The molecule has 0 spiro atoms.